The molecule has 0 unspecified atom stereocenters. The summed E-state index contributed by atoms with van der Waals surface area (Å²) in [5.41, 5.74) is 0.679. The van der Waals surface area contributed by atoms with Gasteiger partial charge in [0.25, 0.3) is 10.1 Å². The van der Waals surface area contributed by atoms with Crippen molar-refractivity contribution in [3.05, 3.63) is 18.0 Å². The van der Waals surface area contributed by atoms with E-state index in [-0.39, 0.29) is 6.61 Å². The molecule has 0 radical (unpaired) electrons. The number of hydrogen-bond donors (Lipinski definition) is 0. The van der Waals surface area contributed by atoms with Crippen LogP contribution >= 0.6 is 0 Å². The molecular weight excluding hydrogens is 182 g/mol. The summed E-state index contributed by atoms with van der Waals surface area (Å²) in [5, 5.41) is 3.59. The molecule has 0 aliphatic carbocycles. The van der Waals surface area contributed by atoms with Crippen LogP contribution in [0.25, 0.3) is 0 Å². The van der Waals surface area contributed by atoms with Crippen LogP contribution in [0.15, 0.2) is 16.9 Å². The van der Waals surface area contributed by atoms with E-state index in [9.17, 15) is 8.42 Å². The molecule has 0 N–H and O–H groups in total. The van der Waals surface area contributed by atoms with Crippen molar-refractivity contribution in [2.24, 2.45) is 0 Å². The molecule has 0 saturated heterocycles. The highest BCUT2D eigenvalue weighted by Crippen LogP contribution is 1.97. The van der Waals surface area contributed by atoms with Gasteiger partial charge in [-0.1, -0.05) is 5.16 Å². The molecule has 12 heavy (non-hydrogen) atoms. The fraction of sp³-hybridized carbons (Fsp3) is 0.500. The Morgan fingerprint density at radius 1 is 1.67 bits per heavy atom. The highest BCUT2D eigenvalue weighted by atomic mass is 32.2. The van der Waals surface area contributed by atoms with Crippen LogP contribution in [0.4, 0.5) is 0 Å². The van der Waals surface area contributed by atoms with Crippen molar-refractivity contribution in [2.75, 3.05) is 12.9 Å². The molecule has 68 valence electrons. The highest BCUT2D eigenvalue weighted by Gasteiger charge is 2.02. The zero-order valence-corrected chi connectivity index (χ0v) is 7.37. The fourth-order valence-corrected chi connectivity index (χ4v) is 1.05. The van der Waals surface area contributed by atoms with Gasteiger partial charge in [-0.15, -0.1) is 0 Å². The fourth-order valence-electron chi connectivity index (χ4n) is 0.664. The minimum absolute atomic E-state index is 0.103. The molecule has 1 aromatic rings. The summed E-state index contributed by atoms with van der Waals surface area (Å²) in [5.74, 6) is 0. The van der Waals surface area contributed by atoms with Crippen LogP contribution in [-0.2, 0) is 20.7 Å². The van der Waals surface area contributed by atoms with E-state index in [4.69, 9.17) is 0 Å². The van der Waals surface area contributed by atoms with Gasteiger partial charge in [0, 0.05) is 12.5 Å². The zero-order chi connectivity index (χ0) is 9.03. The Morgan fingerprint density at radius 2 is 2.42 bits per heavy atom. The Hall–Kier alpha value is -0.880. The van der Waals surface area contributed by atoms with E-state index in [2.05, 4.69) is 13.9 Å². The van der Waals surface area contributed by atoms with Crippen molar-refractivity contribution in [1.82, 2.24) is 5.16 Å². The minimum atomic E-state index is -3.34. The summed E-state index contributed by atoms with van der Waals surface area (Å²) < 4.78 is 30.0. The van der Waals surface area contributed by atoms with Crippen LogP contribution in [0.3, 0.4) is 0 Å². The van der Waals surface area contributed by atoms with Gasteiger partial charge >= 0.3 is 0 Å². The molecule has 6 heteroatoms. The monoisotopic (exact) mass is 191 g/mol. The third-order valence-electron chi connectivity index (χ3n) is 1.15. The Labute approximate surface area is 70.4 Å². The summed E-state index contributed by atoms with van der Waals surface area (Å²) in [4.78, 5) is 0. The van der Waals surface area contributed by atoms with Crippen LogP contribution in [0.2, 0.25) is 0 Å². The molecular formula is C6H9NO4S. The maximum absolute atomic E-state index is 10.5. The Bertz CT molecular complexity index is 315. The molecule has 0 bridgehead atoms. The largest absolute Gasteiger partial charge is 0.365 e. The van der Waals surface area contributed by atoms with Gasteiger partial charge in [-0.25, -0.2) is 0 Å². The predicted molar refractivity (Wildman–Crippen MR) is 41.0 cm³/mol. The van der Waals surface area contributed by atoms with E-state index >= 15 is 0 Å². The lowest BCUT2D eigenvalue weighted by molar-refractivity contribution is 0.320. The lowest BCUT2D eigenvalue weighted by Crippen LogP contribution is -2.06. The van der Waals surface area contributed by atoms with E-state index in [1.807, 2.05) is 0 Å². The Balaban J connectivity index is 2.29. The van der Waals surface area contributed by atoms with Crippen molar-refractivity contribution in [3.63, 3.8) is 0 Å². The standard InChI is InChI=1S/C6H9NO4S/c1-12(8,9)11-5-3-6-2-4-10-7-6/h2,4H,3,5H2,1H3. The summed E-state index contributed by atoms with van der Waals surface area (Å²) >= 11 is 0. The number of nitrogens with zero attached hydrogens (tertiary/aromatic N) is 1. The third kappa shape index (κ3) is 3.49. The average Bonchev–Trinajstić information content (AvgIpc) is 2.36. The van der Waals surface area contributed by atoms with Crippen LogP contribution in [0, 0.1) is 0 Å². The first-order valence-electron chi connectivity index (χ1n) is 3.31. The van der Waals surface area contributed by atoms with Gasteiger partial charge in [-0.05, 0) is 0 Å². The van der Waals surface area contributed by atoms with Gasteiger partial charge in [0.05, 0.1) is 18.6 Å². The molecule has 0 atom stereocenters. The first kappa shape index (κ1) is 9.21. The third-order valence-corrected chi connectivity index (χ3v) is 1.74. The quantitative estimate of drug-likeness (QED) is 0.635. The Kier molecular flexibility index (Phi) is 2.83. The van der Waals surface area contributed by atoms with Gasteiger partial charge in [-0.2, -0.15) is 8.42 Å². The number of rotatable bonds is 4. The number of hydrogen-bond acceptors (Lipinski definition) is 5. The molecule has 1 rings (SSSR count). The SMILES string of the molecule is CS(=O)(=O)OCCc1ccon1. The normalized spacial score (nSPS) is 11.8. The van der Waals surface area contributed by atoms with Crippen molar-refractivity contribution in [3.8, 4) is 0 Å². The maximum atomic E-state index is 10.5. The first-order chi connectivity index (χ1) is 5.58. The maximum Gasteiger partial charge on any atom is 0.264 e. The highest BCUT2D eigenvalue weighted by molar-refractivity contribution is 7.85. The van der Waals surface area contributed by atoms with Gasteiger partial charge < -0.3 is 4.52 Å². The second-order valence-corrected chi connectivity index (χ2v) is 3.91. The van der Waals surface area contributed by atoms with Gasteiger partial charge in [-0.3, -0.25) is 4.18 Å². The molecule has 0 saturated carbocycles. The van der Waals surface area contributed by atoms with Crippen LogP contribution in [-0.4, -0.2) is 26.4 Å². The predicted octanol–water partition coefficient (Wildman–Crippen LogP) is 0.193. The van der Waals surface area contributed by atoms with Crippen LogP contribution < -0.4 is 0 Å². The second kappa shape index (κ2) is 3.68. The Morgan fingerprint density at radius 3 is 2.92 bits per heavy atom. The molecule has 1 aromatic heterocycles. The smallest absolute Gasteiger partial charge is 0.264 e. The van der Waals surface area contributed by atoms with Gasteiger partial charge in [0.2, 0.25) is 0 Å². The lowest BCUT2D eigenvalue weighted by Gasteiger charge is -1.96. The van der Waals surface area contributed by atoms with Crippen LogP contribution in [0.5, 0.6) is 0 Å². The number of aromatic nitrogens is 1. The van der Waals surface area contributed by atoms with Gasteiger partial charge in [0.15, 0.2) is 0 Å². The molecule has 5 nitrogen and oxygen atoms in total. The first-order valence-corrected chi connectivity index (χ1v) is 5.13. The summed E-state index contributed by atoms with van der Waals surface area (Å²) in [6.07, 6.45) is 2.87. The molecule has 0 fully saturated rings. The molecule has 0 aliphatic heterocycles. The molecule has 1 heterocycles. The van der Waals surface area contributed by atoms with E-state index in [0.717, 1.165) is 6.26 Å². The van der Waals surface area contributed by atoms with E-state index < -0.39 is 10.1 Å². The molecule has 0 amide bonds. The van der Waals surface area contributed by atoms with Crippen molar-refractivity contribution in [2.45, 2.75) is 6.42 Å². The average molecular weight is 191 g/mol. The minimum Gasteiger partial charge on any atom is -0.365 e. The summed E-state index contributed by atoms with van der Waals surface area (Å²) in [6, 6.07) is 1.66. The van der Waals surface area contributed by atoms with Crippen LogP contribution in [0.1, 0.15) is 5.69 Å². The lowest BCUT2D eigenvalue weighted by atomic mass is 10.3. The van der Waals surface area contributed by atoms with Gasteiger partial charge in [0.1, 0.15) is 6.26 Å². The molecule has 0 spiro atoms. The summed E-state index contributed by atoms with van der Waals surface area (Å²) in [6.45, 7) is 0.103. The summed E-state index contributed by atoms with van der Waals surface area (Å²) in [7, 11) is -3.34. The molecule has 0 aromatic carbocycles. The van der Waals surface area contributed by atoms with E-state index in [0.29, 0.717) is 12.1 Å². The zero-order valence-electron chi connectivity index (χ0n) is 6.56. The second-order valence-electron chi connectivity index (χ2n) is 2.27. The molecule has 0 aliphatic rings. The van der Waals surface area contributed by atoms with Crippen molar-refractivity contribution >= 4 is 10.1 Å². The van der Waals surface area contributed by atoms with Crippen molar-refractivity contribution in [1.29, 1.82) is 0 Å². The van der Waals surface area contributed by atoms with Crippen molar-refractivity contribution < 1.29 is 17.1 Å². The van der Waals surface area contributed by atoms with E-state index in [1.54, 1.807) is 6.07 Å². The topological polar surface area (TPSA) is 69.4 Å². The van der Waals surface area contributed by atoms with E-state index in [1.165, 1.54) is 6.26 Å².